The van der Waals surface area contributed by atoms with E-state index in [0.29, 0.717) is 0 Å². The Morgan fingerprint density at radius 1 is 1.25 bits per heavy atom. The van der Waals surface area contributed by atoms with Gasteiger partial charge >= 0.3 is 0 Å². The maximum Gasteiger partial charge on any atom is 0.208 e. The Balaban J connectivity index is 2.11. The first-order valence-electron chi connectivity index (χ1n) is 6.22. The zero-order valence-corrected chi connectivity index (χ0v) is 11.7. The van der Waals surface area contributed by atoms with Gasteiger partial charge in [-0.15, -0.1) is 0 Å². The summed E-state index contributed by atoms with van der Waals surface area (Å²) in [5, 5.41) is 1.55. The van der Waals surface area contributed by atoms with Crippen LogP contribution in [-0.4, -0.2) is 21.4 Å². The van der Waals surface area contributed by atoms with Crippen LogP contribution in [0.3, 0.4) is 0 Å². The zero-order chi connectivity index (χ0) is 11.2. The maximum absolute atomic E-state index is 6.00. The molecule has 0 aromatic heterocycles. The molecule has 1 atom stereocenters. The molecule has 1 heterocycles. The summed E-state index contributed by atoms with van der Waals surface area (Å²) in [6, 6.07) is 10.2. The summed E-state index contributed by atoms with van der Waals surface area (Å²) in [5.41, 5.74) is 1.51. The van der Waals surface area contributed by atoms with Crippen molar-refractivity contribution < 1.29 is 4.43 Å². The van der Waals surface area contributed by atoms with Gasteiger partial charge in [0, 0.05) is 6.61 Å². The summed E-state index contributed by atoms with van der Waals surface area (Å²) in [6.07, 6.45) is 4.94. The molecule has 1 nitrogen and oxygen atoms in total. The van der Waals surface area contributed by atoms with Crippen LogP contribution in [0.1, 0.15) is 24.8 Å². The molecule has 2 rings (SSSR count). The molecule has 1 unspecified atom stereocenters. The molecule has 88 valence electrons. The fourth-order valence-electron chi connectivity index (χ4n) is 2.33. The first-order chi connectivity index (χ1) is 7.92. The topological polar surface area (TPSA) is 9.23 Å². The van der Waals surface area contributed by atoms with E-state index in [1.165, 1.54) is 30.9 Å². The van der Waals surface area contributed by atoms with Crippen LogP contribution < -0.4 is 5.19 Å². The molecule has 0 bridgehead atoms. The average Bonchev–Trinajstić information content (AvgIpc) is 2.38. The van der Waals surface area contributed by atoms with Crippen LogP contribution in [-0.2, 0) is 10.8 Å². The average molecular weight is 252 g/mol. The van der Waals surface area contributed by atoms with Gasteiger partial charge in [0.2, 0.25) is 9.04 Å². The predicted molar refractivity (Wildman–Crippen MR) is 75.4 cm³/mol. The molecule has 0 spiro atoms. The fraction of sp³-hybridized carbons (Fsp3) is 0.538. The molecule has 0 aliphatic carbocycles. The third-order valence-electron chi connectivity index (χ3n) is 3.19. The first-order valence-corrected chi connectivity index (χ1v) is 8.72. The highest BCUT2D eigenvalue weighted by atomic mass is 32.1. The first kappa shape index (κ1) is 12.2. The van der Waals surface area contributed by atoms with Crippen molar-refractivity contribution in [3.8, 4) is 0 Å². The molecule has 3 heteroatoms. The van der Waals surface area contributed by atoms with Crippen molar-refractivity contribution in [1.82, 2.24) is 0 Å². The van der Waals surface area contributed by atoms with Crippen LogP contribution in [0.15, 0.2) is 24.3 Å². The van der Waals surface area contributed by atoms with Gasteiger partial charge < -0.3 is 4.43 Å². The number of rotatable bonds is 4. The van der Waals surface area contributed by atoms with E-state index in [-0.39, 0.29) is 0 Å². The second kappa shape index (κ2) is 6.47. The summed E-state index contributed by atoms with van der Waals surface area (Å²) >= 11 is 4.29. The SMILES string of the molecule is SCCCc1ccccc1[SiH]1CCCCO1. The standard InChI is InChI=1S/C13H20OSSi/c15-10-5-7-12-6-1-2-8-13(12)16-11-4-3-9-14-16/h1-2,6,8,15-16H,3-5,7,9-11H2. The molecule has 1 fully saturated rings. The number of aryl methyl sites for hydroxylation is 1. The Bertz CT molecular complexity index is 323. The lowest BCUT2D eigenvalue weighted by Crippen LogP contribution is -2.38. The predicted octanol–water partition coefficient (Wildman–Crippen LogP) is 2.29. The fourth-order valence-corrected chi connectivity index (χ4v) is 5.24. The minimum absolute atomic E-state index is 0.974. The smallest absolute Gasteiger partial charge is 0.208 e. The van der Waals surface area contributed by atoms with Gasteiger partial charge in [-0.25, -0.2) is 0 Å². The van der Waals surface area contributed by atoms with Crippen LogP contribution in [0.4, 0.5) is 0 Å². The maximum atomic E-state index is 6.00. The van der Waals surface area contributed by atoms with E-state index < -0.39 is 9.04 Å². The van der Waals surface area contributed by atoms with Crippen molar-refractivity contribution >= 4 is 26.9 Å². The lowest BCUT2D eigenvalue weighted by molar-refractivity contribution is 0.294. The van der Waals surface area contributed by atoms with Crippen LogP contribution in [0.2, 0.25) is 6.04 Å². The lowest BCUT2D eigenvalue weighted by atomic mass is 10.1. The van der Waals surface area contributed by atoms with Crippen LogP contribution in [0.5, 0.6) is 0 Å². The van der Waals surface area contributed by atoms with Crippen LogP contribution >= 0.6 is 12.6 Å². The highest BCUT2D eigenvalue weighted by Crippen LogP contribution is 2.13. The zero-order valence-electron chi connectivity index (χ0n) is 9.69. The van der Waals surface area contributed by atoms with Gasteiger partial charge in [0.1, 0.15) is 0 Å². The molecule has 1 saturated heterocycles. The Hall–Kier alpha value is -0.253. The van der Waals surface area contributed by atoms with Crippen LogP contribution in [0, 0.1) is 0 Å². The van der Waals surface area contributed by atoms with Gasteiger partial charge in [0.25, 0.3) is 0 Å². The van der Waals surface area contributed by atoms with E-state index in [2.05, 4.69) is 36.9 Å². The quantitative estimate of drug-likeness (QED) is 0.639. The van der Waals surface area contributed by atoms with E-state index in [4.69, 9.17) is 4.43 Å². The Kier molecular flexibility index (Phi) is 4.94. The molecule has 0 amide bonds. The number of thiol groups is 1. The minimum Gasteiger partial charge on any atom is -0.415 e. The van der Waals surface area contributed by atoms with Gasteiger partial charge in [0.05, 0.1) is 0 Å². The Morgan fingerprint density at radius 3 is 2.88 bits per heavy atom. The van der Waals surface area contributed by atoms with Crippen molar-refractivity contribution in [2.45, 2.75) is 31.7 Å². The largest absolute Gasteiger partial charge is 0.415 e. The molecule has 16 heavy (non-hydrogen) atoms. The van der Waals surface area contributed by atoms with Crippen LogP contribution in [0.25, 0.3) is 0 Å². The van der Waals surface area contributed by atoms with Crippen molar-refractivity contribution in [2.24, 2.45) is 0 Å². The van der Waals surface area contributed by atoms with Gasteiger partial charge in [-0.1, -0.05) is 30.7 Å². The lowest BCUT2D eigenvalue weighted by Gasteiger charge is -2.23. The van der Waals surface area contributed by atoms with E-state index in [1.54, 1.807) is 5.19 Å². The van der Waals surface area contributed by atoms with Crippen molar-refractivity contribution in [1.29, 1.82) is 0 Å². The molecule has 0 saturated carbocycles. The van der Waals surface area contributed by atoms with E-state index >= 15 is 0 Å². The number of hydrogen-bond acceptors (Lipinski definition) is 2. The summed E-state index contributed by atoms with van der Waals surface area (Å²) in [5.74, 6) is 0.974. The molecule has 1 aliphatic rings. The normalized spacial score (nSPS) is 20.9. The molecule has 0 radical (unpaired) electrons. The highest BCUT2D eigenvalue weighted by Gasteiger charge is 2.20. The van der Waals surface area contributed by atoms with Gasteiger partial charge in [-0.3, -0.25) is 0 Å². The van der Waals surface area contributed by atoms with Crippen molar-refractivity contribution in [3.63, 3.8) is 0 Å². The third kappa shape index (κ3) is 3.12. The second-order valence-corrected chi connectivity index (χ2v) is 7.34. The second-order valence-electron chi connectivity index (χ2n) is 4.38. The van der Waals surface area contributed by atoms with E-state index in [9.17, 15) is 0 Å². The molecule has 1 aromatic rings. The highest BCUT2D eigenvalue weighted by molar-refractivity contribution is 7.80. The Morgan fingerprint density at radius 2 is 2.12 bits per heavy atom. The number of benzene rings is 1. The van der Waals surface area contributed by atoms with Gasteiger partial charge in [-0.2, -0.15) is 12.6 Å². The molecule has 1 aromatic carbocycles. The summed E-state index contributed by atoms with van der Waals surface area (Å²) in [4.78, 5) is 0. The van der Waals surface area contributed by atoms with Crippen molar-refractivity contribution in [2.75, 3.05) is 12.4 Å². The minimum atomic E-state index is -1.09. The van der Waals surface area contributed by atoms with E-state index in [0.717, 1.165) is 18.8 Å². The van der Waals surface area contributed by atoms with Gasteiger partial charge in [0.15, 0.2) is 0 Å². The molecular formula is C13H20OSSi. The Labute approximate surface area is 105 Å². The molecule has 1 aliphatic heterocycles. The summed E-state index contributed by atoms with van der Waals surface area (Å²) < 4.78 is 6.00. The van der Waals surface area contributed by atoms with E-state index in [1.807, 2.05) is 0 Å². The summed E-state index contributed by atoms with van der Waals surface area (Å²) in [7, 11) is -1.09. The van der Waals surface area contributed by atoms with Crippen molar-refractivity contribution in [3.05, 3.63) is 29.8 Å². The number of hydrogen-bond donors (Lipinski definition) is 1. The van der Waals surface area contributed by atoms with Gasteiger partial charge in [-0.05, 0) is 41.8 Å². The molecular weight excluding hydrogens is 232 g/mol. The summed E-state index contributed by atoms with van der Waals surface area (Å²) in [6.45, 7) is 0.984. The third-order valence-corrected chi connectivity index (χ3v) is 6.33. The molecule has 0 N–H and O–H groups in total. The monoisotopic (exact) mass is 252 g/mol.